The second-order valence-corrected chi connectivity index (χ2v) is 7.42. The second-order valence-electron chi connectivity index (χ2n) is 7.15. The van der Waals surface area contributed by atoms with Gasteiger partial charge in [0.25, 0.3) is 5.92 Å². The van der Waals surface area contributed by atoms with Crippen LogP contribution in [-0.2, 0) is 4.79 Å². The van der Waals surface area contributed by atoms with Crippen molar-refractivity contribution in [1.82, 2.24) is 4.98 Å². The first-order valence-corrected chi connectivity index (χ1v) is 8.76. The number of nitrogens with two attached hydrogens (primary N) is 1. The van der Waals surface area contributed by atoms with E-state index in [0.717, 1.165) is 0 Å². The largest absolute Gasteiger partial charge is 0.384 e. The van der Waals surface area contributed by atoms with Gasteiger partial charge in [0.2, 0.25) is 0 Å². The van der Waals surface area contributed by atoms with Gasteiger partial charge in [0, 0.05) is 19.5 Å². The number of Topliss-reactive ketones (excluding diaryl/α,β-unsaturated/α-hetero) is 1. The molecule has 1 aliphatic carbocycles. The van der Waals surface area contributed by atoms with Crippen LogP contribution in [0, 0.1) is 17.3 Å². The molecule has 7 heteroatoms. The fraction of sp³-hybridized carbons (Fsp3) is 0.647. The molecule has 3 rings (SSSR count). The molecule has 4 nitrogen and oxygen atoms in total. The highest BCUT2D eigenvalue weighted by atomic mass is 35.5. The van der Waals surface area contributed by atoms with Crippen LogP contribution < -0.4 is 10.6 Å². The lowest BCUT2D eigenvalue weighted by Gasteiger charge is -2.26. The van der Waals surface area contributed by atoms with E-state index in [1.807, 2.05) is 11.8 Å². The third-order valence-electron chi connectivity index (χ3n) is 5.42. The number of rotatable bonds is 7. The molecular weight excluding hydrogens is 336 g/mol. The zero-order chi connectivity index (χ0) is 17.5. The van der Waals surface area contributed by atoms with E-state index < -0.39 is 17.3 Å². The lowest BCUT2D eigenvalue weighted by Crippen LogP contribution is -2.32. The van der Waals surface area contributed by atoms with Gasteiger partial charge in [-0.2, -0.15) is 0 Å². The fourth-order valence-electron chi connectivity index (χ4n) is 4.05. The molecule has 2 fully saturated rings. The summed E-state index contributed by atoms with van der Waals surface area (Å²) < 4.78 is 28.7. The number of nitrogen functional groups attached to an aromatic ring is 1. The van der Waals surface area contributed by atoms with Gasteiger partial charge >= 0.3 is 0 Å². The minimum absolute atomic E-state index is 0.00841. The van der Waals surface area contributed by atoms with Crippen LogP contribution in [0.1, 0.15) is 26.2 Å². The summed E-state index contributed by atoms with van der Waals surface area (Å²) in [6.45, 7) is 2.52. The first-order valence-electron chi connectivity index (χ1n) is 8.23. The second kappa shape index (κ2) is 6.14. The van der Waals surface area contributed by atoms with Crippen molar-refractivity contribution in [2.75, 3.05) is 29.6 Å². The minimum Gasteiger partial charge on any atom is -0.384 e. The van der Waals surface area contributed by atoms with Crippen LogP contribution in [0.3, 0.4) is 0 Å². The molecule has 2 unspecified atom stereocenters. The number of piperidine rings is 1. The highest BCUT2D eigenvalue weighted by Crippen LogP contribution is 2.72. The quantitative estimate of drug-likeness (QED) is 0.760. The predicted octanol–water partition coefficient (Wildman–Crippen LogP) is 3.35. The Morgan fingerprint density at radius 1 is 1.54 bits per heavy atom. The Hall–Kier alpha value is -1.43. The number of pyridine rings is 1. The Kier molecular flexibility index (Phi) is 4.45. The number of halogens is 3. The van der Waals surface area contributed by atoms with Crippen molar-refractivity contribution < 1.29 is 13.6 Å². The number of carbonyl (C=O) groups excluding carboxylic acids is 1. The first-order chi connectivity index (χ1) is 11.3. The van der Waals surface area contributed by atoms with E-state index in [4.69, 9.17) is 17.3 Å². The van der Waals surface area contributed by atoms with Gasteiger partial charge in [-0.15, -0.1) is 11.6 Å². The Morgan fingerprint density at radius 2 is 2.29 bits per heavy atom. The number of nitrogens with zero attached hydrogens (tertiary/aromatic N) is 2. The zero-order valence-corrected chi connectivity index (χ0v) is 14.4. The Labute approximate surface area is 145 Å². The summed E-state index contributed by atoms with van der Waals surface area (Å²) in [5.41, 5.74) is 4.69. The van der Waals surface area contributed by atoms with Crippen molar-refractivity contribution in [1.29, 1.82) is 0 Å². The normalized spacial score (nSPS) is 28.5. The number of carbonyl (C=O) groups is 1. The lowest BCUT2D eigenvalue weighted by molar-refractivity contribution is -0.117. The molecule has 1 saturated carbocycles. The molecule has 0 aromatic carbocycles. The summed E-state index contributed by atoms with van der Waals surface area (Å²) in [5.74, 6) is -2.21. The van der Waals surface area contributed by atoms with Crippen molar-refractivity contribution in [3.63, 3.8) is 0 Å². The van der Waals surface area contributed by atoms with Gasteiger partial charge in [0.05, 0.1) is 17.2 Å². The van der Waals surface area contributed by atoms with Gasteiger partial charge in [0.15, 0.2) is 0 Å². The molecule has 1 aromatic heterocycles. The van der Waals surface area contributed by atoms with Gasteiger partial charge in [0.1, 0.15) is 17.4 Å². The van der Waals surface area contributed by atoms with E-state index >= 15 is 0 Å². The van der Waals surface area contributed by atoms with E-state index in [2.05, 4.69) is 4.98 Å². The molecule has 2 N–H and O–H groups in total. The summed E-state index contributed by atoms with van der Waals surface area (Å²) in [7, 11) is 0. The number of ketones is 1. The Balaban J connectivity index is 1.66. The number of anilines is 2. The summed E-state index contributed by atoms with van der Waals surface area (Å²) in [6, 6.07) is 5.27. The van der Waals surface area contributed by atoms with Crippen LogP contribution in [-0.4, -0.2) is 35.7 Å². The van der Waals surface area contributed by atoms with E-state index in [1.54, 1.807) is 18.2 Å². The molecule has 1 aromatic rings. The van der Waals surface area contributed by atoms with Gasteiger partial charge in [-0.3, -0.25) is 4.79 Å². The molecule has 132 valence electrons. The number of hydrogen-bond acceptors (Lipinski definition) is 4. The van der Waals surface area contributed by atoms with Crippen LogP contribution >= 0.6 is 11.6 Å². The molecule has 2 heterocycles. The minimum atomic E-state index is -2.63. The molecular formula is C17H22ClF2N3O. The van der Waals surface area contributed by atoms with Gasteiger partial charge in [-0.1, -0.05) is 13.0 Å². The van der Waals surface area contributed by atoms with Crippen LogP contribution in [0.4, 0.5) is 20.4 Å². The van der Waals surface area contributed by atoms with Crippen molar-refractivity contribution >= 4 is 29.0 Å². The van der Waals surface area contributed by atoms with Gasteiger partial charge in [-0.05, 0) is 30.9 Å². The van der Waals surface area contributed by atoms with Crippen molar-refractivity contribution in [3.8, 4) is 0 Å². The topological polar surface area (TPSA) is 59.2 Å². The average molecular weight is 358 g/mol. The van der Waals surface area contributed by atoms with Gasteiger partial charge < -0.3 is 10.6 Å². The smallest absolute Gasteiger partial charge is 0.261 e. The van der Waals surface area contributed by atoms with E-state index in [9.17, 15) is 13.6 Å². The highest BCUT2D eigenvalue weighted by molar-refractivity contribution is 6.27. The highest BCUT2D eigenvalue weighted by Gasteiger charge is 2.83. The van der Waals surface area contributed by atoms with Crippen molar-refractivity contribution in [2.24, 2.45) is 17.3 Å². The van der Waals surface area contributed by atoms with E-state index in [-0.39, 0.29) is 24.1 Å². The number of aromatic nitrogens is 1. The van der Waals surface area contributed by atoms with Crippen molar-refractivity contribution in [3.05, 3.63) is 18.2 Å². The molecule has 24 heavy (non-hydrogen) atoms. The maximum absolute atomic E-state index is 14.3. The Bertz CT molecular complexity index is 642. The molecule has 1 aliphatic heterocycles. The molecule has 1 saturated heterocycles. The van der Waals surface area contributed by atoms with Crippen LogP contribution in [0.15, 0.2) is 18.2 Å². The third-order valence-corrected chi connectivity index (χ3v) is 5.72. The predicted molar refractivity (Wildman–Crippen MR) is 90.5 cm³/mol. The average Bonchev–Trinajstić information content (AvgIpc) is 2.86. The van der Waals surface area contributed by atoms with E-state index in [0.29, 0.717) is 37.4 Å². The molecule has 0 spiro atoms. The van der Waals surface area contributed by atoms with Gasteiger partial charge in [-0.25, -0.2) is 13.8 Å². The summed E-state index contributed by atoms with van der Waals surface area (Å²) in [4.78, 5) is 17.5. The summed E-state index contributed by atoms with van der Waals surface area (Å²) in [6.07, 6.45) is 1.38. The Morgan fingerprint density at radius 3 is 2.96 bits per heavy atom. The number of fused-ring (bicyclic) bond motifs is 1. The summed E-state index contributed by atoms with van der Waals surface area (Å²) in [5, 5.41) is 0. The maximum atomic E-state index is 14.3. The molecule has 0 radical (unpaired) electrons. The monoisotopic (exact) mass is 357 g/mol. The molecule has 3 atom stereocenters. The number of alkyl halides is 3. The van der Waals surface area contributed by atoms with Crippen LogP contribution in [0.2, 0.25) is 0 Å². The lowest BCUT2D eigenvalue weighted by atomic mass is 9.88. The molecule has 0 amide bonds. The number of hydrogen-bond donors (Lipinski definition) is 1. The SMILES string of the molecule is C[C@H](CCC(=O)CCl)CC12CN(c3cccc(N)n3)CC1C2(F)F. The fourth-order valence-corrected chi connectivity index (χ4v) is 4.19. The first kappa shape index (κ1) is 17.4. The zero-order valence-electron chi connectivity index (χ0n) is 13.6. The molecule has 0 bridgehead atoms. The molecule has 2 aliphatic rings. The third kappa shape index (κ3) is 2.85. The van der Waals surface area contributed by atoms with E-state index in [1.165, 1.54) is 0 Å². The summed E-state index contributed by atoms with van der Waals surface area (Å²) >= 11 is 5.49. The van der Waals surface area contributed by atoms with Crippen molar-refractivity contribution in [2.45, 2.75) is 32.1 Å². The van der Waals surface area contributed by atoms with Crippen LogP contribution in [0.5, 0.6) is 0 Å². The van der Waals surface area contributed by atoms with Crippen LogP contribution in [0.25, 0.3) is 0 Å². The standard InChI is InChI=1S/C17H22ClF2N3O/c1-11(5-6-12(24)8-18)7-16-10-23(9-13(16)17(16,19)20)15-4-2-3-14(21)22-15/h2-4,11,13H,5-10H2,1H3,(H2,21,22)/t11-,13?,16?/m1/s1. The maximum Gasteiger partial charge on any atom is 0.261 e.